The number of rotatable bonds is 4. The normalized spacial score (nSPS) is 10.5. The smallest absolute Gasteiger partial charge is 0.224 e. The van der Waals surface area contributed by atoms with Crippen LogP contribution in [0.3, 0.4) is 0 Å². The van der Waals surface area contributed by atoms with Crippen molar-refractivity contribution in [2.75, 3.05) is 5.32 Å². The Hall–Kier alpha value is -1.65. The van der Waals surface area contributed by atoms with Crippen molar-refractivity contribution in [3.8, 4) is 0 Å². The maximum absolute atomic E-state index is 13.0. The molecule has 2 aromatic carbocycles. The third kappa shape index (κ3) is 4.16. The molecule has 0 unspecified atom stereocenters. The number of hydrogen-bond acceptors (Lipinski definition) is 1. The molecule has 0 aliphatic rings. The van der Waals surface area contributed by atoms with E-state index >= 15 is 0 Å². The van der Waals surface area contributed by atoms with Crippen LogP contribution in [0.2, 0.25) is 10.0 Å². The minimum absolute atomic E-state index is 0.119. The first-order valence-corrected chi connectivity index (χ1v) is 6.91. The Morgan fingerprint density at radius 3 is 2.57 bits per heavy atom. The number of carbonyl (C=O) groups is 1. The van der Waals surface area contributed by atoms with E-state index in [0.29, 0.717) is 22.7 Å². The summed E-state index contributed by atoms with van der Waals surface area (Å²) >= 11 is 11.8. The summed E-state index contributed by atoms with van der Waals surface area (Å²) in [6, 6.07) is 8.47. The van der Waals surface area contributed by atoms with Crippen LogP contribution in [0.25, 0.3) is 0 Å². The predicted molar refractivity (Wildman–Crippen MR) is 79.8 cm³/mol. The Balaban J connectivity index is 1.96. The van der Waals surface area contributed by atoms with E-state index in [2.05, 4.69) is 5.32 Å². The van der Waals surface area contributed by atoms with Crippen molar-refractivity contribution in [2.45, 2.75) is 12.8 Å². The van der Waals surface area contributed by atoms with E-state index in [9.17, 15) is 13.6 Å². The number of nitrogens with one attached hydrogen (secondary N) is 1. The molecule has 0 aromatic heterocycles. The van der Waals surface area contributed by atoms with E-state index in [1.807, 2.05) is 0 Å². The zero-order valence-electron chi connectivity index (χ0n) is 10.8. The van der Waals surface area contributed by atoms with Gasteiger partial charge in [0.25, 0.3) is 0 Å². The first-order chi connectivity index (χ1) is 9.97. The number of anilines is 1. The zero-order valence-corrected chi connectivity index (χ0v) is 12.3. The molecule has 1 amide bonds. The number of aryl methyl sites for hydroxylation is 1. The van der Waals surface area contributed by atoms with E-state index in [-0.39, 0.29) is 17.4 Å². The van der Waals surface area contributed by atoms with Gasteiger partial charge in [0.2, 0.25) is 5.91 Å². The molecule has 0 spiro atoms. The van der Waals surface area contributed by atoms with Gasteiger partial charge in [-0.1, -0.05) is 35.3 Å². The lowest BCUT2D eigenvalue weighted by Gasteiger charge is -2.08. The van der Waals surface area contributed by atoms with Crippen molar-refractivity contribution in [3.05, 3.63) is 63.6 Å². The molecule has 0 aliphatic carbocycles. The summed E-state index contributed by atoms with van der Waals surface area (Å²) < 4.78 is 25.8. The molecule has 2 nitrogen and oxygen atoms in total. The van der Waals surface area contributed by atoms with Crippen molar-refractivity contribution in [1.29, 1.82) is 0 Å². The van der Waals surface area contributed by atoms with Gasteiger partial charge in [0, 0.05) is 6.42 Å². The highest BCUT2D eigenvalue weighted by molar-refractivity contribution is 6.43. The predicted octanol–water partition coefficient (Wildman–Crippen LogP) is 4.84. The fourth-order valence-electron chi connectivity index (χ4n) is 1.77. The van der Waals surface area contributed by atoms with Crippen LogP contribution in [0.5, 0.6) is 0 Å². The van der Waals surface area contributed by atoms with E-state index in [0.717, 1.165) is 12.1 Å². The molecule has 2 rings (SSSR count). The van der Waals surface area contributed by atoms with Crippen molar-refractivity contribution in [3.63, 3.8) is 0 Å². The summed E-state index contributed by atoms with van der Waals surface area (Å²) in [5, 5.41) is 3.23. The molecule has 1 N–H and O–H groups in total. The highest BCUT2D eigenvalue weighted by Gasteiger charge is 2.09. The maximum Gasteiger partial charge on any atom is 0.224 e. The number of carbonyl (C=O) groups excluding carboxylic acids is 1. The molecule has 6 heteroatoms. The molecule has 21 heavy (non-hydrogen) atoms. The van der Waals surface area contributed by atoms with Crippen LogP contribution in [-0.2, 0) is 11.2 Å². The average Bonchev–Trinajstić information content (AvgIpc) is 2.45. The Labute approximate surface area is 130 Å². The van der Waals surface area contributed by atoms with Gasteiger partial charge in [-0.25, -0.2) is 8.78 Å². The van der Waals surface area contributed by atoms with Crippen molar-refractivity contribution < 1.29 is 13.6 Å². The maximum atomic E-state index is 13.0. The minimum Gasteiger partial charge on any atom is -0.325 e. The summed E-state index contributed by atoms with van der Waals surface area (Å²) in [7, 11) is 0. The molecule has 110 valence electrons. The number of halogens is 4. The first-order valence-electron chi connectivity index (χ1n) is 6.15. The molecule has 0 radical (unpaired) electrons. The third-order valence-corrected chi connectivity index (χ3v) is 3.67. The summed E-state index contributed by atoms with van der Waals surface area (Å²) in [5.74, 6) is -2.12. The Bertz CT molecular complexity index is 677. The van der Waals surface area contributed by atoms with E-state index in [1.165, 1.54) is 6.07 Å². The average molecular weight is 330 g/mol. The molecule has 0 saturated heterocycles. The summed E-state index contributed by atoms with van der Waals surface area (Å²) in [4.78, 5) is 11.8. The topological polar surface area (TPSA) is 29.1 Å². The van der Waals surface area contributed by atoms with Crippen LogP contribution in [0.4, 0.5) is 14.5 Å². The van der Waals surface area contributed by atoms with E-state index < -0.39 is 11.6 Å². The van der Waals surface area contributed by atoms with Gasteiger partial charge in [-0.3, -0.25) is 4.79 Å². The van der Waals surface area contributed by atoms with E-state index in [4.69, 9.17) is 23.2 Å². The first kappa shape index (κ1) is 15.7. The lowest BCUT2D eigenvalue weighted by molar-refractivity contribution is -0.116. The highest BCUT2D eigenvalue weighted by Crippen LogP contribution is 2.29. The molecule has 0 heterocycles. The Morgan fingerprint density at radius 1 is 1.10 bits per heavy atom. The summed E-state index contributed by atoms with van der Waals surface area (Å²) in [6.45, 7) is 0. The number of hydrogen-bond donors (Lipinski definition) is 1. The molecular formula is C15H11Cl2F2NO. The molecular weight excluding hydrogens is 319 g/mol. The highest BCUT2D eigenvalue weighted by atomic mass is 35.5. The summed E-state index contributed by atoms with van der Waals surface area (Å²) in [6.07, 6.45) is 0.412. The molecule has 0 atom stereocenters. The third-order valence-electron chi connectivity index (χ3n) is 2.85. The van der Waals surface area contributed by atoms with Gasteiger partial charge < -0.3 is 5.32 Å². The van der Waals surface area contributed by atoms with Gasteiger partial charge in [0.05, 0.1) is 15.7 Å². The van der Waals surface area contributed by atoms with Gasteiger partial charge >= 0.3 is 0 Å². The Morgan fingerprint density at radius 2 is 1.86 bits per heavy atom. The fourth-order valence-corrected chi connectivity index (χ4v) is 2.11. The second-order valence-corrected chi connectivity index (χ2v) is 5.18. The molecule has 0 bridgehead atoms. The lowest BCUT2D eigenvalue weighted by atomic mass is 10.1. The largest absolute Gasteiger partial charge is 0.325 e. The number of benzene rings is 2. The molecule has 0 aliphatic heterocycles. The van der Waals surface area contributed by atoms with Crippen molar-refractivity contribution >= 4 is 34.8 Å². The SMILES string of the molecule is O=C(CCc1ccc(F)c(F)c1)Nc1cccc(Cl)c1Cl. The fraction of sp³-hybridized carbons (Fsp3) is 0.133. The second-order valence-electron chi connectivity index (χ2n) is 4.40. The monoisotopic (exact) mass is 329 g/mol. The van der Waals surface area contributed by atoms with Gasteiger partial charge in [-0.15, -0.1) is 0 Å². The molecule has 0 fully saturated rings. The molecule has 0 saturated carbocycles. The van der Waals surface area contributed by atoms with Gasteiger partial charge in [0.15, 0.2) is 11.6 Å². The second kappa shape index (κ2) is 6.87. The van der Waals surface area contributed by atoms with Gasteiger partial charge in [-0.2, -0.15) is 0 Å². The van der Waals surface area contributed by atoms with Gasteiger partial charge in [-0.05, 0) is 36.2 Å². The van der Waals surface area contributed by atoms with Gasteiger partial charge in [0.1, 0.15) is 0 Å². The van der Waals surface area contributed by atoms with Crippen LogP contribution >= 0.6 is 23.2 Å². The van der Waals surface area contributed by atoms with Crippen LogP contribution in [0.1, 0.15) is 12.0 Å². The van der Waals surface area contributed by atoms with Crippen LogP contribution in [0.15, 0.2) is 36.4 Å². The quantitative estimate of drug-likeness (QED) is 0.854. The van der Waals surface area contributed by atoms with Crippen LogP contribution < -0.4 is 5.32 Å². The summed E-state index contributed by atoms with van der Waals surface area (Å²) in [5.41, 5.74) is 0.959. The lowest BCUT2D eigenvalue weighted by Crippen LogP contribution is -2.12. The van der Waals surface area contributed by atoms with Crippen molar-refractivity contribution in [2.24, 2.45) is 0 Å². The number of amides is 1. The van der Waals surface area contributed by atoms with Crippen LogP contribution in [-0.4, -0.2) is 5.91 Å². The van der Waals surface area contributed by atoms with E-state index in [1.54, 1.807) is 18.2 Å². The van der Waals surface area contributed by atoms with Crippen molar-refractivity contribution in [1.82, 2.24) is 0 Å². The Kier molecular flexibility index (Phi) is 5.15. The minimum atomic E-state index is -0.925. The zero-order chi connectivity index (χ0) is 15.4. The molecule has 2 aromatic rings. The van der Waals surface area contributed by atoms with Crippen LogP contribution in [0, 0.1) is 11.6 Å². The standard InChI is InChI=1S/C15H11Cl2F2NO/c16-10-2-1-3-13(15(10)17)20-14(21)7-5-9-4-6-11(18)12(19)8-9/h1-4,6,8H,5,7H2,(H,20,21).